The van der Waals surface area contributed by atoms with Crippen molar-refractivity contribution < 1.29 is 66.7 Å². The van der Waals surface area contributed by atoms with Gasteiger partial charge in [0.2, 0.25) is 0 Å². The van der Waals surface area contributed by atoms with Crippen molar-refractivity contribution in [3.63, 3.8) is 0 Å². The second-order valence-electron chi connectivity index (χ2n) is 32.9. The number of benzene rings is 19. The Balaban J connectivity index is 0.000000150. The largest absolute Gasteiger partial charge is 0.744 e. The Labute approximate surface area is 900 Å². The Kier molecular flexibility index (Phi) is 41.7. The second-order valence-corrected chi connectivity index (χ2v) is 49.9. The number of phenols is 1. The summed E-state index contributed by atoms with van der Waals surface area (Å²) in [6, 6.07) is 162. The van der Waals surface area contributed by atoms with Gasteiger partial charge in [0.15, 0.2) is 88.5 Å². The fourth-order valence-electron chi connectivity index (χ4n) is 15.7. The molecule has 19 aromatic carbocycles. The quantitative estimate of drug-likeness (QED) is 0.0141. The summed E-state index contributed by atoms with van der Waals surface area (Å²) in [7, 11) is -12.3. The van der Waals surface area contributed by atoms with E-state index in [1.54, 1.807) is 62.7 Å². The van der Waals surface area contributed by atoms with Crippen molar-refractivity contribution >= 4 is 143 Å². The number of hydrogen-bond donors (Lipinski definition) is 1. The molecule has 0 fully saturated rings. The summed E-state index contributed by atoms with van der Waals surface area (Å²) >= 11 is 6.07. The number of fused-ring (bicyclic) bond motifs is 2. The summed E-state index contributed by atoms with van der Waals surface area (Å²) in [4.78, 5) is 25.8. The van der Waals surface area contributed by atoms with Crippen molar-refractivity contribution in [1.29, 1.82) is 0 Å². The maximum Gasteiger partial charge on any atom is 0.485 e. The van der Waals surface area contributed by atoms with Gasteiger partial charge in [-0.15, -0.1) is 0 Å². The summed E-state index contributed by atoms with van der Waals surface area (Å²) < 4.78 is 136. The van der Waals surface area contributed by atoms with Gasteiger partial charge in [0, 0.05) is 76.8 Å². The summed E-state index contributed by atoms with van der Waals surface area (Å²) in [5.74, 6) is 1.51. The normalized spacial score (nSPS) is 11.5. The molecule has 0 spiro atoms. The number of aryl methyl sites for hydroxylation is 5. The van der Waals surface area contributed by atoms with Crippen molar-refractivity contribution in [3.8, 4) is 17.2 Å². The molecular weight excluding hydrogens is 2080 g/mol. The van der Waals surface area contributed by atoms with Crippen molar-refractivity contribution in [2.24, 2.45) is 0 Å². The third-order valence-corrected chi connectivity index (χ3v) is 38.1. The SMILES string of the molecule is C=CC(=CC)[S+](c1ccccc1)c1cc(C)c(O)c(C)c1.COc1c2ccccc2c(OC)c2cc(S(=O)(=O)[O-])ccc12.Cc1cc(C)c(S(=O)(=O)[O-])c(C)c1.O=S(=O)([O-])C(F)(F)F.c1ccc(Sc2ccc([SH+]c3ccc([S+](c4ccccc4)c4ccccc4)cc3)cc2)cc1.c1ccc(Sc2ccc([SH+]c3ccc([S+](c4ccccc4)c4ccccc4)cc3)cc2)cc1.c1ccc([S+](c2ccccc2)c2ccccc2)cc1. The van der Waals surface area contributed by atoms with Gasteiger partial charge in [-0.2, -0.15) is 13.2 Å². The van der Waals surface area contributed by atoms with Gasteiger partial charge in [-0.1, -0.05) is 254 Å². The molecule has 0 amide bonds. The average Bonchev–Trinajstić information content (AvgIpc) is 0.744. The van der Waals surface area contributed by atoms with E-state index in [1.807, 2.05) is 64.1 Å². The maximum absolute atomic E-state index is 11.3. The summed E-state index contributed by atoms with van der Waals surface area (Å²) in [5.41, 5.74) is -1.81. The average molecular weight is 2190 g/mol. The van der Waals surface area contributed by atoms with Crippen molar-refractivity contribution in [2.75, 3.05) is 14.2 Å². The number of hydrogen-bond acceptors (Lipinski definition) is 14. The number of rotatable bonds is 25. The van der Waals surface area contributed by atoms with Gasteiger partial charge in [-0.3, -0.25) is 0 Å². The van der Waals surface area contributed by atoms with Crippen LogP contribution in [0.25, 0.3) is 21.5 Å². The topological polar surface area (TPSA) is 210 Å². The highest BCUT2D eigenvalue weighted by Crippen LogP contribution is 2.45. The third-order valence-electron chi connectivity index (χ3n) is 22.3. The van der Waals surface area contributed by atoms with Crippen LogP contribution in [-0.4, -0.2) is 63.7 Å². The predicted octanol–water partition coefficient (Wildman–Crippen LogP) is 30.7. The highest BCUT2D eigenvalue weighted by atomic mass is 32.2. The molecular formula is C123H108F3O12S11+3. The van der Waals surface area contributed by atoms with E-state index in [0.717, 1.165) is 27.5 Å². The zero-order valence-corrected chi connectivity index (χ0v) is 91.6. The maximum atomic E-state index is 11.3. The van der Waals surface area contributed by atoms with E-state index >= 15 is 0 Å². The first kappa shape index (κ1) is 113. The Hall–Kier alpha value is -13.1. The lowest BCUT2D eigenvalue weighted by Gasteiger charge is -2.16. The molecule has 19 aromatic rings. The molecule has 0 saturated carbocycles. The monoisotopic (exact) mass is 2190 g/mol. The number of phenolic OH excluding ortho intramolecular Hbond substituents is 1. The summed E-state index contributed by atoms with van der Waals surface area (Å²) in [5, 5.41) is 12.9. The van der Waals surface area contributed by atoms with Crippen molar-refractivity contribution in [1.82, 2.24) is 0 Å². The van der Waals surface area contributed by atoms with Gasteiger partial charge >= 0.3 is 5.51 Å². The number of aromatic hydroxyl groups is 1. The Morgan fingerprint density at radius 2 is 0.577 bits per heavy atom. The molecule has 12 nitrogen and oxygen atoms in total. The first-order chi connectivity index (χ1) is 71.8. The molecule has 0 heterocycles. The Morgan fingerprint density at radius 1 is 0.322 bits per heavy atom. The minimum Gasteiger partial charge on any atom is -0.744 e. The molecule has 0 saturated heterocycles. The number of ether oxygens (including phenoxy) is 2. The molecule has 0 aliphatic heterocycles. The molecule has 0 aliphatic rings. The molecule has 1 N–H and O–H groups in total. The standard InChI is InChI=1S/2C30H23S3.C19H20OS.C18H15S.C16H14O5S.C9H12O3S.CHF3O3S/c2*1-4-10-24(11-5-1)31-25-16-18-26(19-17-25)32-27-20-22-30(23-21-27)33(28-12-6-2-7-13-28)29-14-8-3-9-15-29;1-5-16(6-2)21(17-10-8-7-9-11-17)18-12-14(3)19(20)15(4)13-18;1-4-10-16(11-5-1)19(17-12-6-2-7-13-17)18-14-8-3-9-15-18;1-20-15-11-5-3-4-6-12(11)16(21-2)14-9-10(22(17,18)19)7-8-13(14)15;1-6-4-7(2)9(8(3)5-6)13(10,11)12;2-1(3,4)8(5,6)7/h2*1-23H;5-13H,1H2,2-4H3;1-15H;3-9H,1-2H3,(H,17,18,19);4-5H,1-3H3,(H,10,11,12);(H,5,6,7)/q2*+1;;+1;;;. The van der Waals surface area contributed by atoms with E-state index in [-0.39, 0.29) is 53.4 Å². The Morgan fingerprint density at radius 3 is 0.846 bits per heavy atom. The lowest BCUT2D eigenvalue weighted by Crippen LogP contribution is -2.21. The minimum atomic E-state index is -6.09. The number of alkyl halides is 3. The summed E-state index contributed by atoms with van der Waals surface area (Å²) in [6.07, 6.45) is 4.04. The van der Waals surface area contributed by atoms with E-state index in [4.69, 9.17) is 22.4 Å². The predicted molar refractivity (Wildman–Crippen MR) is 608 cm³/mol. The van der Waals surface area contributed by atoms with Crippen LogP contribution >= 0.6 is 23.5 Å². The van der Waals surface area contributed by atoms with Gasteiger partial charge in [-0.05, 0) is 313 Å². The van der Waals surface area contributed by atoms with Crippen molar-refractivity contribution in [2.45, 2.75) is 150 Å². The first-order valence-electron chi connectivity index (χ1n) is 46.6. The first-order valence-corrected chi connectivity index (χ1v) is 59.2. The van der Waals surface area contributed by atoms with E-state index in [2.05, 4.69) is 419 Å². The van der Waals surface area contributed by atoms with Crippen LogP contribution in [0.4, 0.5) is 13.2 Å². The van der Waals surface area contributed by atoms with Gasteiger partial charge in [-0.25, -0.2) is 25.3 Å². The minimum absolute atomic E-state index is 0.0146. The van der Waals surface area contributed by atoms with E-state index in [0.29, 0.717) is 39.1 Å². The van der Waals surface area contributed by atoms with Crippen LogP contribution in [0.1, 0.15) is 34.7 Å². The number of allylic oxidation sites excluding steroid dienone is 2. The van der Waals surface area contributed by atoms with Gasteiger partial charge in [0.1, 0.15) is 37.5 Å². The number of thiol groups is 2. The number of halogens is 3. The van der Waals surface area contributed by atoms with Crippen LogP contribution in [0, 0.1) is 34.6 Å². The Bertz CT molecular complexity index is 7530. The van der Waals surface area contributed by atoms with Gasteiger partial charge in [0.25, 0.3) is 0 Å². The molecule has 0 aromatic heterocycles. The zero-order chi connectivity index (χ0) is 106. The van der Waals surface area contributed by atoms with Crippen LogP contribution < -0.4 is 9.47 Å². The van der Waals surface area contributed by atoms with E-state index in [9.17, 15) is 44.2 Å². The molecule has 26 heteroatoms. The fourth-order valence-corrected chi connectivity index (χ4v) is 29.1. The molecule has 0 bridgehead atoms. The summed E-state index contributed by atoms with van der Waals surface area (Å²) in [6.45, 7) is 15.0. The molecule has 19 rings (SSSR count). The second kappa shape index (κ2) is 54.9. The van der Waals surface area contributed by atoms with Crippen LogP contribution in [0.3, 0.4) is 0 Å². The molecule has 1 atom stereocenters. The lowest BCUT2D eigenvalue weighted by atomic mass is 10.0. The molecule has 0 aliphatic carbocycles. The van der Waals surface area contributed by atoms with E-state index in [1.165, 1.54) is 141 Å². The highest BCUT2D eigenvalue weighted by Gasteiger charge is 2.38. The van der Waals surface area contributed by atoms with Crippen LogP contribution in [0.2, 0.25) is 0 Å². The molecule has 0 radical (unpaired) electrons. The fraction of sp³-hybridized carbons (Fsp3) is 0.0732. The smallest absolute Gasteiger partial charge is 0.485 e. The molecule has 756 valence electrons. The molecule has 149 heavy (non-hydrogen) atoms. The van der Waals surface area contributed by atoms with Crippen LogP contribution in [0.5, 0.6) is 17.2 Å². The third kappa shape index (κ3) is 32.2. The van der Waals surface area contributed by atoms with Crippen molar-refractivity contribution in [3.05, 3.63) is 519 Å². The zero-order valence-electron chi connectivity index (χ0n) is 82.5. The van der Waals surface area contributed by atoms with Gasteiger partial charge < -0.3 is 28.2 Å². The number of methoxy groups -OCH3 is 2. The lowest BCUT2D eigenvalue weighted by molar-refractivity contribution is -0.0518. The van der Waals surface area contributed by atoms with Crippen LogP contribution in [0.15, 0.2) is 594 Å². The molecule has 1 unspecified atom stereocenters. The highest BCUT2D eigenvalue weighted by molar-refractivity contribution is 8.01. The van der Waals surface area contributed by atoms with E-state index < -0.39 is 35.9 Å². The van der Waals surface area contributed by atoms with Crippen LogP contribution in [-0.2, 0) is 97.5 Å². The van der Waals surface area contributed by atoms with Gasteiger partial charge in [0.05, 0.1) is 67.6 Å².